The molecule has 0 radical (unpaired) electrons. The molecule has 1 aromatic carbocycles. The van der Waals surface area contributed by atoms with E-state index in [-0.39, 0.29) is 5.41 Å². The molecule has 0 bridgehead atoms. The van der Waals surface area contributed by atoms with Crippen LogP contribution >= 0.6 is 0 Å². The summed E-state index contributed by atoms with van der Waals surface area (Å²) in [5.74, 6) is 1.71. The minimum Gasteiger partial charge on any atom is -0.262 e. The van der Waals surface area contributed by atoms with Gasteiger partial charge in [0.1, 0.15) is 5.82 Å². The van der Waals surface area contributed by atoms with E-state index in [1.54, 1.807) is 0 Å². The first-order valence-electron chi connectivity index (χ1n) is 5.88. The Morgan fingerprint density at radius 3 is 2.41 bits per heavy atom. The van der Waals surface area contributed by atoms with Crippen LogP contribution in [0.3, 0.4) is 0 Å². The molecule has 3 heteroatoms. The zero-order valence-electron chi connectivity index (χ0n) is 11.1. The highest BCUT2D eigenvalue weighted by Gasteiger charge is 2.19. The molecule has 0 amide bonds. The standard InChI is InChI=1S/C14H19N3/c1-9-6-7-10(2)11(8-9)12-15-13(17-16-12)14(3,4)5/h6-8H,1-5H3,(H,15,16,17). The van der Waals surface area contributed by atoms with Crippen LogP contribution in [0.15, 0.2) is 18.2 Å². The third-order valence-electron chi connectivity index (χ3n) is 2.83. The van der Waals surface area contributed by atoms with Gasteiger partial charge in [-0.3, -0.25) is 5.10 Å². The van der Waals surface area contributed by atoms with Gasteiger partial charge in [0.25, 0.3) is 0 Å². The zero-order valence-corrected chi connectivity index (χ0v) is 11.1. The lowest BCUT2D eigenvalue weighted by molar-refractivity contribution is 0.548. The van der Waals surface area contributed by atoms with Gasteiger partial charge in [0, 0.05) is 11.0 Å². The van der Waals surface area contributed by atoms with E-state index < -0.39 is 0 Å². The summed E-state index contributed by atoms with van der Waals surface area (Å²) in [5, 5.41) is 7.35. The summed E-state index contributed by atoms with van der Waals surface area (Å²) in [7, 11) is 0. The fourth-order valence-corrected chi connectivity index (χ4v) is 1.69. The molecule has 1 heterocycles. The molecule has 1 N–H and O–H groups in total. The van der Waals surface area contributed by atoms with Crippen LogP contribution in [0.1, 0.15) is 37.7 Å². The van der Waals surface area contributed by atoms with Crippen LogP contribution in [0.5, 0.6) is 0 Å². The summed E-state index contributed by atoms with van der Waals surface area (Å²) in [6.45, 7) is 10.5. The van der Waals surface area contributed by atoms with Crippen molar-refractivity contribution in [2.75, 3.05) is 0 Å². The third-order valence-corrected chi connectivity index (χ3v) is 2.83. The molecular weight excluding hydrogens is 210 g/mol. The molecular formula is C14H19N3. The van der Waals surface area contributed by atoms with Crippen molar-refractivity contribution in [3.8, 4) is 11.4 Å². The number of aromatic amines is 1. The Morgan fingerprint density at radius 1 is 1.12 bits per heavy atom. The zero-order chi connectivity index (χ0) is 12.6. The smallest absolute Gasteiger partial charge is 0.181 e. The predicted molar refractivity (Wildman–Crippen MR) is 70.0 cm³/mol. The van der Waals surface area contributed by atoms with Gasteiger partial charge in [0.2, 0.25) is 0 Å². The molecule has 90 valence electrons. The predicted octanol–water partition coefficient (Wildman–Crippen LogP) is 3.39. The minimum absolute atomic E-state index is 0.00296. The first-order valence-corrected chi connectivity index (χ1v) is 5.88. The Labute approximate surface area is 102 Å². The Kier molecular flexibility index (Phi) is 2.77. The van der Waals surface area contributed by atoms with E-state index >= 15 is 0 Å². The molecule has 3 nitrogen and oxygen atoms in total. The van der Waals surface area contributed by atoms with E-state index in [0.29, 0.717) is 0 Å². The first kappa shape index (κ1) is 11.8. The molecule has 1 aromatic heterocycles. The number of hydrogen-bond acceptors (Lipinski definition) is 2. The third kappa shape index (κ3) is 2.38. The van der Waals surface area contributed by atoms with Gasteiger partial charge < -0.3 is 0 Å². The largest absolute Gasteiger partial charge is 0.262 e. The number of rotatable bonds is 1. The molecule has 0 aliphatic heterocycles. The van der Waals surface area contributed by atoms with Crippen molar-refractivity contribution >= 4 is 0 Å². The number of benzene rings is 1. The fraction of sp³-hybridized carbons (Fsp3) is 0.429. The average molecular weight is 229 g/mol. The van der Waals surface area contributed by atoms with Crippen molar-refractivity contribution in [3.63, 3.8) is 0 Å². The summed E-state index contributed by atoms with van der Waals surface area (Å²) in [5.41, 5.74) is 3.54. The average Bonchev–Trinajstić information content (AvgIpc) is 2.70. The molecule has 0 fully saturated rings. The maximum absolute atomic E-state index is 4.59. The number of H-pyrrole nitrogens is 1. The topological polar surface area (TPSA) is 41.6 Å². The molecule has 2 aromatic rings. The summed E-state index contributed by atoms with van der Waals surface area (Å²) >= 11 is 0. The second kappa shape index (κ2) is 3.99. The summed E-state index contributed by atoms with van der Waals surface area (Å²) in [6, 6.07) is 6.35. The highest BCUT2D eigenvalue weighted by Crippen LogP contribution is 2.24. The van der Waals surface area contributed by atoms with Crippen LogP contribution in [-0.2, 0) is 5.41 Å². The van der Waals surface area contributed by atoms with Gasteiger partial charge in [-0.2, -0.15) is 5.10 Å². The van der Waals surface area contributed by atoms with Crippen molar-refractivity contribution < 1.29 is 0 Å². The summed E-state index contributed by atoms with van der Waals surface area (Å²) in [4.78, 5) is 4.59. The minimum atomic E-state index is 0.00296. The van der Waals surface area contributed by atoms with Gasteiger partial charge in [-0.1, -0.05) is 38.5 Å². The molecule has 0 saturated carbocycles. The van der Waals surface area contributed by atoms with Gasteiger partial charge in [-0.05, 0) is 25.5 Å². The Balaban J connectivity index is 2.47. The van der Waals surface area contributed by atoms with Gasteiger partial charge in [-0.25, -0.2) is 4.98 Å². The highest BCUT2D eigenvalue weighted by atomic mass is 15.2. The quantitative estimate of drug-likeness (QED) is 0.814. The van der Waals surface area contributed by atoms with E-state index in [1.807, 2.05) is 0 Å². The molecule has 0 atom stereocenters. The van der Waals surface area contributed by atoms with Crippen LogP contribution in [-0.4, -0.2) is 15.2 Å². The maximum Gasteiger partial charge on any atom is 0.181 e. The van der Waals surface area contributed by atoms with E-state index in [2.05, 4.69) is 68.0 Å². The summed E-state index contributed by atoms with van der Waals surface area (Å²) < 4.78 is 0. The van der Waals surface area contributed by atoms with Gasteiger partial charge in [-0.15, -0.1) is 0 Å². The number of nitrogens with zero attached hydrogens (tertiary/aromatic N) is 2. The number of aryl methyl sites for hydroxylation is 2. The molecule has 0 aliphatic rings. The Morgan fingerprint density at radius 2 is 1.82 bits per heavy atom. The lowest BCUT2D eigenvalue weighted by Gasteiger charge is -2.13. The van der Waals surface area contributed by atoms with Crippen molar-refractivity contribution in [1.82, 2.24) is 15.2 Å². The maximum atomic E-state index is 4.59. The van der Waals surface area contributed by atoms with Crippen molar-refractivity contribution in [3.05, 3.63) is 35.2 Å². The van der Waals surface area contributed by atoms with Crippen LogP contribution < -0.4 is 0 Å². The molecule has 0 aliphatic carbocycles. The molecule has 0 saturated heterocycles. The van der Waals surface area contributed by atoms with Crippen molar-refractivity contribution in [2.45, 2.75) is 40.0 Å². The van der Waals surface area contributed by atoms with E-state index in [9.17, 15) is 0 Å². The molecule has 2 rings (SSSR count). The highest BCUT2D eigenvalue weighted by molar-refractivity contribution is 5.60. The van der Waals surface area contributed by atoms with E-state index in [4.69, 9.17) is 0 Å². The van der Waals surface area contributed by atoms with E-state index in [0.717, 1.165) is 17.2 Å². The van der Waals surface area contributed by atoms with Crippen molar-refractivity contribution in [1.29, 1.82) is 0 Å². The molecule has 17 heavy (non-hydrogen) atoms. The van der Waals surface area contributed by atoms with Crippen LogP contribution in [0.2, 0.25) is 0 Å². The van der Waals surface area contributed by atoms with Gasteiger partial charge in [0.05, 0.1) is 0 Å². The summed E-state index contributed by atoms with van der Waals surface area (Å²) in [6.07, 6.45) is 0. The Bertz CT molecular complexity index is 533. The van der Waals surface area contributed by atoms with Gasteiger partial charge >= 0.3 is 0 Å². The van der Waals surface area contributed by atoms with Crippen LogP contribution in [0, 0.1) is 13.8 Å². The number of nitrogens with one attached hydrogen (secondary N) is 1. The second-order valence-electron chi connectivity index (χ2n) is 5.58. The normalized spacial score (nSPS) is 11.8. The van der Waals surface area contributed by atoms with Gasteiger partial charge in [0.15, 0.2) is 5.82 Å². The van der Waals surface area contributed by atoms with Crippen LogP contribution in [0.4, 0.5) is 0 Å². The fourth-order valence-electron chi connectivity index (χ4n) is 1.69. The lowest BCUT2D eigenvalue weighted by atomic mass is 9.96. The van der Waals surface area contributed by atoms with Crippen LogP contribution in [0.25, 0.3) is 11.4 Å². The van der Waals surface area contributed by atoms with Crippen molar-refractivity contribution in [2.24, 2.45) is 0 Å². The lowest BCUT2D eigenvalue weighted by Crippen LogP contribution is -2.13. The molecule has 0 unspecified atom stereocenters. The molecule has 0 spiro atoms. The second-order valence-corrected chi connectivity index (χ2v) is 5.58. The first-order chi connectivity index (χ1) is 7.88. The monoisotopic (exact) mass is 229 g/mol. The Hall–Kier alpha value is -1.64. The number of aromatic nitrogens is 3. The van der Waals surface area contributed by atoms with E-state index in [1.165, 1.54) is 11.1 Å². The number of hydrogen-bond donors (Lipinski definition) is 1. The SMILES string of the molecule is Cc1ccc(C)c(-c2n[nH]c(C(C)(C)C)n2)c1.